The number of rotatable bonds is 7. The minimum absolute atomic E-state index is 0.0421. The van der Waals surface area contributed by atoms with Crippen LogP contribution in [0.2, 0.25) is 0 Å². The van der Waals surface area contributed by atoms with E-state index < -0.39 is 16.4 Å². The SMILES string of the molecule is CCC(CC(=O)Cl)C(=O)Cl.NCCOc1ccccc1. The van der Waals surface area contributed by atoms with Crippen molar-refractivity contribution in [1.82, 2.24) is 0 Å². The molecule has 0 aliphatic rings. The third kappa shape index (κ3) is 9.78. The molecule has 0 aliphatic heterocycles. The van der Waals surface area contributed by atoms with E-state index in [1.807, 2.05) is 30.3 Å². The first-order chi connectivity index (χ1) is 9.51. The minimum Gasteiger partial charge on any atom is -0.492 e. The molecule has 0 fully saturated rings. The molecular formula is C14H19Cl2NO3. The van der Waals surface area contributed by atoms with Crippen LogP contribution in [0.5, 0.6) is 5.75 Å². The lowest BCUT2D eigenvalue weighted by Gasteiger charge is -2.03. The molecule has 0 amide bonds. The maximum absolute atomic E-state index is 10.5. The van der Waals surface area contributed by atoms with Crippen molar-refractivity contribution in [3.8, 4) is 5.75 Å². The fraction of sp³-hybridized carbons (Fsp3) is 0.429. The average molecular weight is 320 g/mol. The first-order valence-electron chi connectivity index (χ1n) is 6.26. The molecule has 2 N–H and O–H groups in total. The summed E-state index contributed by atoms with van der Waals surface area (Å²) in [5.74, 6) is 0.472. The number of hydrogen-bond donors (Lipinski definition) is 1. The first-order valence-corrected chi connectivity index (χ1v) is 7.02. The summed E-state index contributed by atoms with van der Waals surface area (Å²) < 4.78 is 5.23. The molecule has 4 nitrogen and oxygen atoms in total. The molecule has 1 rings (SSSR count). The second-order valence-electron chi connectivity index (χ2n) is 3.92. The van der Waals surface area contributed by atoms with Crippen LogP contribution in [-0.4, -0.2) is 23.6 Å². The Morgan fingerprint density at radius 1 is 1.25 bits per heavy atom. The molecule has 0 radical (unpaired) electrons. The van der Waals surface area contributed by atoms with E-state index in [0.29, 0.717) is 19.6 Å². The molecule has 1 atom stereocenters. The van der Waals surface area contributed by atoms with E-state index >= 15 is 0 Å². The van der Waals surface area contributed by atoms with Crippen LogP contribution in [0.4, 0.5) is 0 Å². The third-order valence-electron chi connectivity index (χ3n) is 2.35. The zero-order chi connectivity index (χ0) is 15.4. The predicted octanol–water partition coefficient (Wildman–Crippen LogP) is 2.96. The van der Waals surface area contributed by atoms with Gasteiger partial charge in [-0.1, -0.05) is 25.1 Å². The van der Waals surface area contributed by atoms with Crippen LogP contribution >= 0.6 is 23.2 Å². The predicted molar refractivity (Wildman–Crippen MR) is 81.1 cm³/mol. The van der Waals surface area contributed by atoms with Crippen LogP contribution in [0.1, 0.15) is 19.8 Å². The summed E-state index contributed by atoms with van der Waals surface area (Å²) in [4.78, 5) is 20.7. The highest BCUT2D eigenvalue weighted by atomic mass is 35.5. The van der Waals surface area contributed by atoms with Crippen molar-refractivity contribution in [2.75, 3.05) is 13.2 Å². The molecule has 0 aliphatic carbocycles. The molecule has 0 spiro atoms. The van der Waals surface area contributed by atoms with Gasteiger partial charge < -0.3 is 10.5 Å². The lowest BCUT2D eigenvalue weighted by Crippen LogP contribution is -2.10. The summed E-state index contributed by atoms with van der Waals surface area (Å²) >= 11 is 10.2. The molecule has 0 aromatic heterocycles. The lowest BCUT2D eigenvalue weighted by molar-refractivity contribution is -0.119. The van der Waals surface area contributed by atoms with Crippen molar-refractivity contribution < 1.29 is 14.3 Å². The average Bonchev–Trinajstić information content (AvgIpc) is 2.44. The van der Waals surface area contributed by atoms with Gasteiger partial charge in [0, 0.05) is 18.9 Å². The Hall–Kier alpha value is -1.10. The highest BCUT2D eigenvalue weighted by Gasteiger charge is 2.16. The van der Waals surface area contributed by atoms with Crippen LogP contribution < -0.4 is 10.5 Å². The van der Waals surface area contributed by atoms with Crippen LogP contribution in [0.3, 0.4) is 0 Å². The van der Waals surface area contributed by atoms with E-state index in [4.69, 9.17) is 33.7 Å². The molecule has 0 bridgehead atoms. The zero-order valence-electron chi connectivity index (χ0n) is 11.4. The molecule has 1 aromatic rings. The Kier molecular flexibility index (Phi) is 11.1. The van der Waals surface area contributed by atoms with Gasteiger partial charge in [-0.05, 0) is 41.8 Å². The lowest BCUT2D eigenvalue weighted by atomic mass is 10.1. The summed E-state index contributed by atoms with van der Waals surface area (Å²) in [7, 11) is 0. The van der Waals surface area contributed by atoms with Crippen LogP contribution in [0.25, 0.3) is 0 Å². The highest BCUT2D eigenvalue weighted by molar-refractivity contribution is 6.66. The molecule has 0 saturated carbocycles. The van der Waals surface area contributed by atoms with Gasteiger partial charge in [-0.25, -0.2) is 0 Å². The summed E-state index contributed by atoms with van der Waals surface area (Å²) in [5.41, 5.74) is 5.25. The second kappa shape index (κ2) is 11.7. The monoisotopic (exact) mass is 319 g/mol. The van der Waals surface area contributed by atoms with Crippen molar-refractivity contribution in [2.24, 2.45) is 11.7 Å². The van der Waals surface area contributed by atoms with Gasteiger partial charge in [0.1, 0.15) is 12.4 Å². The van der Waals surface area contributed by atoms with Gasteiger partial charge in [-0.3, -0.25) is 9.59 Å². The number of hydrogen-bond acceptors (Lipinski definition) is 4. The minimum atomic E-state index is -0.513. The van der Waals surface area contributed by atoms with E-state index in [0.717, 1.165) is 5.75 Å². The summed E-state index contributed by atoms with van der Waals surface area (Å²) in [5, 5.41) is -1.00. The number of benzene rings is 1. The fourth-order valence-electron chi connectivity index (χ4n) is 1.27. The zero-order valence-corrected chi connectivity index (χ0v) is 12.9. The summed E-state index contributed by atoms with van der Waals surface area (Å²) in [6, 6.07) is 9.65. The standard InChI is InChI=1S/C8H11NO.C6H8Cl2O2/c9-6-7-10-8-4-2-1-3-5-8;1-2-4(6(8)10)3-5(7)9/h1-5H,6-7,9H2;4H,2-3H2,1H3. The number of carbonyl (C=O) groups excluding carboxylic acids is 2. The maximum Gasteiger partial charge on any atom is 0.225 e. The van der Waals surface area contributed by atoms with Gasteiger partial charge in [-0.15, -0.1) is 0 Å². The number of nitrogens with two attached hydrogens (primary N) is 1. The van der Waals surface area contributed by atoms with E-state index in [2.05, 4.69) is 0 Å². The van der Waals surface area contributed by atoms with Gasteiger partial charge in [0.15, 0.2) is 0 Å². The van der Waals surface area contributed by atoms with Gasteiger partial charge in [0.2, 0.25) is 10.5 Å². The van der Waals surface area contributed by atoms with Gasteiger partial charge in [0.25, 0.3) is 0 Å². The van der Waals surface area contributed by atoms with Crippen molar-refractivity contribution in [1.29, 1.82) is 0 Å². The summed E-state index contributed by atoms with van der Waals surface area (Å²) in [6.45, 7) is 2.93. The Labute approximate surface area is 129 Å². The quantitative estimate of drug-likeness (QED) is 0.784. The van der Waals surface area contributed by atoms with Gasteiger partial charge in [0.05, 0.1) is 0 Å². The molecule has 0 heterocycles. The molecule has 1 unspecified atom stereocenters. The Bertz CT molecular complexity index is 399. The van der Waals surface area contributed by atoms with Crippen LogP contribution in [-0.2, 0) is 9.59 Å². The number of ether oxygens (including phenoxy) is 1. The van der Waals surface area contributed by atoms with E-state index in [-0.39, 0.29) is 6.42 Å². The molecule has 6 heteroatoms. The molecule has 0 saturated heterocycles. The number of halogens is 2. The molecular weight excluding hydrogens is 301 g/mol. The smallest absolute Gasteiger partial charge is 0.225 e. The van der Waals surface area contributed by atoms with E-state index in [1.165, 1.54) is 0 Å². The van der Waals surface area contributed by atoms with E-state index in [9.17, 15) is 9.59 Å². The summed E-state index contributed by atoms with van der Waals surface area (Å²) in [6.07, 6.45) is 0.598. The molecule has 1 aromatic carbocycles. The third-order valence-corrected chi connectivity index (χ3v) is 2.81. The van der Waals surface area contributed by atoms with Crippen molar-refractivity contribution >= 4 is 33.7 Å². The van der Waals surface area contributed by atoms with E-state index in [1.54, 1.807) is 6.92 Å². The largest absolute Gasteiger partial charge is 0.492 e. The first kappa shape index (κ1) is 18.9. The second-order valence-corrected chi connectivity index (χ2v) is 4.71. The topological polar surface area (TPSA) is 69.4 Å². The van der Waals surface area contributed by atoms with Gasteiger partial charge >= 0.3 is 0 Å². The number of carbonyl (C=O) groups is 2. The Morgan fingerprint density at radius 2 is 1.85 bits per heavy atom. The van der Waals surface area contributed by atoms with Gasteiger partial charge in [-0.2, -0.15) is 0 Å². The number of para-hydroxylation sites is 1. The van der Waals surface area contributed by atoms with Crippen molar-refractivity contribution in [3.05, 3.63) is 30.3 Å². The highest BCUT2D eigenvalue weighted by Crippen LogP contribution is 2.13. The maximum atomic E-state index is 10.5. The Morgan fingerprint density at radius 3 is 2.20 bits per heavy atom. The Balaban J connectivity index is 0.000000361. The van der Waals surface area contributed by atoms with Crippen LogP contribution in [0.15, 0.2) is 30.3 Å². The van der Waals surface area contributed by atoms with Crippen LogP contribution in [0, 0.1) is 5.92 Å². The van der Waals surface area contributed by atoms with Crippen molar-refractivity contribution in [3.63, 3.8) is 0 Å². The molecule has 112 valence electrons. The molecule has 20 heavy (non-hydrogen) atoms. The fourth-order valence-corrected chi connectivity index (χ4v) is 1.69. The van der Waals surface area contributed by atoms with Crippen molar-refractivity contribution in [2.45, 2.75) is 19.8 Å². The normalized spacial score (nSPS) is 11.0.